The largest absolute Gasteiger partial charge is 0.507 e. The van der Waals surface area contributed by atoms with Crippen LogP contribution in [0.5, 0.6) is 5.75 Å². The summed E-state index contributed by atoms with van der Waals surface area (Å²) in [6.45, 7) is 10.7. The maximum absolute atomic E-state index is 11.9. The van der Waals surface area contributed by atoms with Crippen LogP contribution in [0.3, 0.4) is 0 Å². The van der Waals surface area contributed by atoms with Gasteiger partial charge in [-0.1, -0.05) is 52.8 Å². The summed E-state index contributed by atoms with van der Waals surface area (Å²) >= 11 is 0. The highest BCUT2D eigenvalue weighted by molar-refractivity contribution is 6.05. The van der Waals surface area contributed by atoms with Gasteiger partial charge in [-0.3, -0.25) is 4.79 Å². The van der Waals surface area contributed by atoms with E-state index in [4.69, 9.17) is 0 Å². The van der Waals surface area contributed by atoms with E-state index in [0.717, 1.165) is 5.56 Å². The zero-order valence-corrected chi connectivity index (χ0v) is 14.6. The number of hydrogen-bond donors (Lipinski definition) is 2. The number of benzene rings is 1. The zero-order chi connectivity index (χ0) is 17.4. The molecule has 3 heteroatoms. The van der Waals surface area contributed by atoms with Gasteiger partial charge in [0.15, 0.2) is 5.78 Å². The van der Waals surface area contributed by atoms with Gasteiger partial charge in [0.2, 0.25) is 0 Å². The molecular weight excluding hydrogens is 288 g/mol. The summed E-state index contributed by atoms with van der Waals surface area (Å²) in [5.74, 6) is -0.247. The highest BCUT2D eigenvalue weighted by Crippen LogP contribution is 2.42. The number of ketones is 1. The lowest BCUT2D eigenvalue weighted by atomic mass is 9.65. The SMILES string of the molecule is CC(C)(C)C(C)(C)c1ccc(C(O)=C2C=CCCC2=O)c(O)c1. The van der Waals surface area contributed by atoms with Crippen LogP contribution in [0.2, 0.25) is 0 Å². The second-order valence-corrected chi connectivity index (χ2v) is 7.73. The summed E-state index contributed by atoms with van der Waals surface area (Å²) in [5.41, 5.74) is 1.44. The molecule has 0 aliphatic heterocycles. The van der Waals surface area contributed by atoms with Crippen molar-refractivity contribution in [2.45, 2.75) is 52.9 Å². The van der Waals surface area contributed by atoms with Gasteiger partial charge < -0.3 is 10.2 Å². The molecule has 1 aliphatic carbocycles. The van der Waals surface area contributed by atoms with E-state index >= 15 is 0 Å². The zero-order valence-electron chi connectivity index (χ0n) is 14.6. The molecule has 1 aliphatic rings. The van der Waals surface area contributed by atoms with Gasteiger partial charge in [-0.2, -0.15) is 0 Å². The third-order valence-corrected chi connectivity index (χ3v) is 5.23. The van der Waals surface area contributed by atoms with E-state index in [1.54, 1.807) is 18.2 Å². The molecule has 3 nitrogen and oxygen atoms in total. The molecule has 23 heavy (non-hydrogen) atoms. The number of carbonyl (C=O) groups excluding carboxylic acids is 1. The second kappa shape index (κ2) is 5.88. The monoisotopic (exact) mass is 314 g/mol. The summed E-state index contributed by atoms with van der Waals surface area (Å²) in [6.07, 6.45) is 4.58. The number of aromatic hydroxyl groups is 1. The lowest BCUT2D eigenvalue weighted by Gasteiger charge is -2.39. The van der Waals surface area contributed by atoms with Crippen LogP contribution >= 0.6 is 0 Å². The van der Waals surface area contributed by atoms with Crippen LogP contribution in [-0.2, 0) is 10.2 Å². The minimum Gasteiger partial charge on any atom is -0.507 e. The number of Topliss-reactive ketones (excluding diaryl/α,β-unsaturated/α-hetero) is 1. The van der Waals surface area contributed by atoms with Crippen LogP contribution in [-0.4, -0.2) is 16.0 Å². The Hall–Kier alpha value is -2.03. The summed E-state index contributed by atoms with van der Waals surface area (Å²) in [6, 6.07) is 5.29. The van der Waals surface area contributed by atoms with Gasteiger partial charge in [-0.25, -0.2) is 0 Å². The number of phenols is 1. The molecule has 2 rings (SSSR count). The quantitative estimate of drug-likeness (QED) is 0.602. The number of phenolic OH excluding ortho intramolecular Hbond substituents is 1. The van der Waals surface area contributed by atoms with Gasteiger partial charge in [0.25, 0.3) is 0 Å². The Kier molecular flexibility index (Phi) is 4.43. The Balaban J connectivity index is 2.49. The van der Waals surface area contributed by atoms with Crippen LogP contribution in [0.1, 0.15) is 58.6 Å². The van der Waals surface area contributed by atoms with Gasteiger partial charge in [0.05, 0.1) is 11.1 Å². The smallest absolute Gasteiger partial charge is 0.166 e. The van der Waals surface area contributed by atoms with Crippen LogP contribution in [0.4, 0.5) is 0 Å². The maximum Gasteiger partial charge on any atom is 0.166 e. The Morgan fingerprint density at radius 3 is 2.30 bits per heavy atom. The van der Waals surface area contributed by atoms with Gasteiger partial charge in [0.1, 0.15) is 11.5 Å². The molecule has 0 amide bonds. The first-order chi connectivity index (χ1) is 10.6. The summed E-state index contributed by atoms with van der Waals surface area (Å²) < 4.78 is 0. The molecule has 0 saturated carbocycles. The van der Waals surface area contributed by atoms with Crippen molar-refractivity contribution in [2.75, 3.05) is 0 Å². The number of allylic oxidation sites excluding steroid dienone is 3. The number of aliphatic hydroxyl groups is 1. The molecule has 0 spiro atoms. The summed E-state index contributed by atoms with van der Waals surface area (Å²) in [4.78, 5) is 11.9. The van der Waals surface area contributed by atoms with Crippen LogP contribution in [0, 0.1) is 5.41 Å². The first-order valence-corrected chi connectivity index (χ1v) is 8.02. The molecule has 124 valence electrons. The Bertz CT molecular complexity index is 685. The van der Waals surface area contributed by atoms with E-state index in [0.29, 0.717) is 18.4 Å². The van der Waals surface area contributed by atoms with E-state index in [1.165, 1.54) is 0 Å². The minimum absolute atomic E-state index is 0.00315. The molecule has 0 saturated heterocycles. The number of aliphatic hydroxyl groups excluding tert-OH is 1. The topological polar surface area (TPSA) is 57.5 Å². The number of hydrogen-bond acceptors (Lipinski definition) is 3. The lowest BCUT2D eigenvalue weighted by Crippen LogP contribution is -2.33. The molecule has 0 unspecified atom stereocenters. The van der Waals surface area contributed by atoms with Crippen molar-refractivity contribution in [3.8, 4) is 5.75 Å². The van der Waals surface area contributed by atoms with Crippen molar-refractivity contribution >= 4 is 11.5 Å². The van der Waals surface area contributed by atoms with Gasteiger partial charge in [0, 0.05) is 6.42 Å². The van der Waals surface area contributed by atoms with E-state index in [9.17, 15) is 15.0 Å². The van der Waals surface area contributed by atoms with Crippen molar-refractivity contribution in [3.63, 3.8) is 0 Å². The van der Waals surface area contributed by atoms with E-state index in [1.807, 2.05) is 12.1 Å². The van der Waals surface area contributed by atoms with Gasteiger partial charge >= 0.3 is 0 Å². The highest BCUT2D eigenvalue weighted by Gasteiger charge is 2.35. The Labute approximate surface area is 138 Å². The Morgan fingerprint density at radius 1 is 1.13 bits per heavy atom. The predicted octanol–water partition coefficient (Wildman–Crippen LogP) is 4.90. The molecular formula is C20H26O3. The first-order valence-electron chi connectivity index (χ1n) is 8.02. The van der Waals surface area contributed by atoms with Crippen molar-refractivity contribution in [2.24, 2.45) is 5.41 Å². The molecule has 0 heterocycles. The second-order valence-electron chi connectivity index (χ2n) is 7.73. The van der Waals surface area contributed by atoms with Crippen molar-refractivity contribution < 1.29 is 15.0 Å². The molecule has 0 radical (unpaired) electrons. The average molecular weight is 314 g/mol. The molecule has 0 bridgehead atoms. The minimum atomic E-state index is -0.149. The molecule has 0 aromatic heterocycles. The maximum atomic E-state index is 11.9. The lowest BCUT2D eigenvalue weighted by molar-refractivity contribution is -0.115. The van der Waals surface area contributed by atoms with E-state index in [2.05, 4.69) is 34.6 Å². The molecule has 1 aromatic carbocycles. The van der Waals surface area contributed by atoms with Crippen LogP contribution in [0.15, 0.2) is 35.9 Å². The van der Waals surface area contributed by atoms with Gasteiger partial charge in [-0.05, 0) is 34.9 Å². The normalized spacial score (nSPS) is 18.2. The fourth-order valence-corrected chi connectivity index (χ4v) is 2.55. The molecule has 2 N–H and O–H groups in total. The van der Waals surface area contributed by atoms with Gasteiger partial charge in [-0.15, -0.1) is 0 Å². The third kappa shape index (κ3) is 3.19. The molecule has 1 aromatic rings. The third-order valence-electron chi connectivity index (χ3n) is 5.23. The standard InChI is InChI=1S/C20H26O3/c1-19(2,3)20(4,5)13-10-11-15(17(22)12-13)18(23)14-8-6-7-9-16(14)21/h6,8,10-12,22-23H,7,9H2,1-5H3. The Morgan fingerprint density at radius 2 is 1.78 bits per heavy atom. The summed E-state index contributed by atoms with van der Waals surface area (Å²) in [7, 11) is 0. The number of rotatable bonds is 2. The van der Waals surface area contributed by atoms with E-state index < -0.39 is 0 Å². The fourth-order valence-electron chi connectivity index (χ4n) is 2.55. The van der Waals surface area contributed by atoms with Crippen LogP contribution in [0.25, 0.3) is 5.76 Å². The first kappa shape index (κ1) is 17.3. The summed E-state index contributed by atoms with van der Waals surface area (Å²) in [5, 5.41) is 20.8. The van der Waals surface area contributed by atoms with Crippen molar-refractivity contribution in [1.82, 2.24) is 0 Å². The average Bonchev–Trinajstić information content (AvgIpc) is 2.45. The van der Waals surface area contributed by atoms with Crippen molar-refractivity contribution in [3.05, 3.63) is 47.1 Å². The molecule has 0 atom stereocenters. The fraction of sp³-hybridized carbons (Fsp3) is 0.450. The van der Waals surface area contributed by atoms with Crippen molar-refractivity contribution in [1.29, 1.82) is 0 Å². The van der Waals surface area contributed by atoms with Crippen LogP contribution < -0.4 is 0 Å². The number of carbonyl (C=O) groups is 1. The predicted molar refractivity (Wildman–Crippen MR) is 93.5 cm³/mol. The molecule has 0 fully saturated rings. The highest BCUT2D eigenvalue weighted by atomic mass is 16.3. The van der Waals surface area contributed by atoms with E-state index in [-0.39, 0.29) is 33.7 Å².